The number of hydrogen-bond donors (Lipinski definition) is 1. The van der Waals surface area contributed by atoms with Crippen LogP contribution in [0.1, 0.15) is 15.9 Å². The van der Waals surface area contributed by atoms with Gasteiger partial charge >= 0.3 is 5.97 Å². The van der Waals surface area contributed by atoms with Crippen LogP contribution in [-0.2, 0) is 4.79 Å². The molecule has 0 saturated carbocycles. The molecular formula is C24H20N2O5S. The van der Waals surface area contributed by atoms with E-state index >= 15 is 0 Å². The Morgan fingerprint density at radius 2 is 1.78 bits per heavy atom. The number of ether oxygens (including phenoxy) is 2. The molecule has 0 spiro atoms. The third kappa shape index (κ3) is 4.04. The van der Waals surface area contributed by atoms with Gasteiger partial charge in [0.15, 0.2) is 5.17 Å². The van der Waals surface area contributed by atoms with Crippen LogP contribution in [-0.4, -0.2) is 48.3 Å². The zero-order valence-corrected chi connectivity index (χ0v) is 18.5. The number of carboxylic acid groups (broad SMARTS) is 1. The van der Waals surface area contributed by atoms with E-state index in [0.29, 0.717) is 27.3 Å². The van der Waals surface area contributed by atoms with Crippen LogP contribution >= 0.6 is 11.8 Å². The van der Waals surface area contributed by atoms with Gasteiger partial charge in [0.2, 0.25) is 0 Å². The van der Waals surface area contributed by atoms with Gasteiger partial charge in [0.05, 0.1) is 30.4 Å². The van der Waals surface area contributed by atoms with Crippen LogP contribution in [0.4, 0.5) is 5.69 Å². The third-order valence-electron chi connectivity index (χ3n) is 5.07. The van der Waals surface area contributed by atoms with Crippen molar-refractivity contribution in [2.75, 3.05) is 21.3 Å². The van der Waals surface area contributed by atoms with Crippen LogP contribution < -0.4 is 9.47 Å². The number of aliphatic imine (C=N–C) groups is 1. The maximum absolute atomic E-state index is 12.9. The van der Waals surface area contributed by atoms with E-state index in [1.54, 1.807) is 39.5 Å². The SMILES string of the molecule is COc1ccc2ccc(OC)c(C=C3SC(=Nc4ccc(C(=O)O)cc4)N(C)C3=O)c2c1. The summed E-state index contributed by atoms with van der Waals surface area (Å²) in [5.41, 5.74) is 1.52. The standard InChI is InChI=1S/C24H20N2O5S/c1-26-22(27)21(32-24(26)25-16-8-4-15(5-9-16)23(28)29)13-19-18-12-17(30-2)10-6-14(18)7-11-20(19)31-3/h4-13H,1-3H3,(H,28,29). The second-order valence-electron chi connectivity index (χ2n) is 6.99. The summed E-state index contributed by atoms with van der Waals surface area (Å²) >= 11 is 1.25. The van der Waals surface area contributed by atoms with E-state index in [1.807, 2.05) is 30.3 Å². The molecule has 1 amide bonds. The number of benzene rings is 3. The highest BCUT2D eigenvalue weighted by atomic mass is 32.2. The Balaban J connectivity index is 1.74. The smallest absolute Gasteiger partial charge is 0.335 e. The van der Waals surface area contributed by atoms with E-state index in [1.165, 1.54) is 28.8 Å². The second kappa shape index (κ2) is 8.76. The number of carbonyl (C=O) groups is 2. The minimum atomic E-state index is -1.00. The lowest BCUT2D eigenvalue weighted by Gasteiger charge is -2.11. The number of fused-ring (bicyclic) bond motifs is 1. The summed E-state index contributed by atoms with van der Waals surface area (Å²) in [6.07, 6.45) is 1.81. The fourth-order valence-electron chi connectivity index (χ4n) is 3.33. The molecule has 0 aromatic heterocycles. The number of nitrogens with zero attached hydrogens (tertiary/aromatic N) is 2. The van der Waals surface area contributed by atoms with Crippen molar-refractivity contribution in [2.24, 2.45) is 4.99 Å². The first-order valence-electron chi connectivity index (χ1n) is 9.65. The van der Waals surface area contributed by atoms with Gasteiger partial charge in [0, 0.05) is 12.6 Å². The first-order valence-corrected chi connectivity index (χ1v) is 10.5. The summed E-state index contributed by atoms with van der Waals surface area (Å²) < 4.78 is 10.9. The number of likely N-dealkylation sites (N-methyl/N-ethyl adjacent to an activating group) is 1. The minimum absolute atomic E-state index is 0.177. The highest BCUT2D eigenvalue weighted by Crippen LogP contribution is 2.38. The van der Waals surface area contributed by atoms with Crippen LogP contribution in [0.3, 0.4) is 0 Å². The fourth-order valence-corrected chi connectivity index (χ4v) is 4.30. The molecule has 7 nitrogen and oxygen atoms in total. The van der Waals surface area contributed by atoms with Gasteiger partial charge < -0.3 is 14.6 Å². The van der Waals surface area contributed by atoms with Crippen molar-refractivity contribution in [3.63, 3.8) is 0 Å². The average molecular weight is 449 g/mol. The molecule has 1 aliphatic rings. The number of carbonyl (C=O) groups excluding carboxylic acids is 1. The summed E-state index contributed by atoms with van der Waals surface area (Å²) in [5, 5.41) is 11.4. The molecule has 1 heterocycles. The van der Waals surface area contributed by atoms with Crippen molar-refractivity contribution in [1.82, 2.24) is 4.90 Å². The zero-order chi connectivity index (χ0) is 22.8. The average Bonchev–Trinajstić information content (AvgIpc) is 3.07. The number of carboxylic acids is 1. The highest BCUT2D eigenvalue weighted by Gasteiger charge is 2.31. The molecule has 1 aliphatic heterocycles. The van der Waals surface area contributed by atoms with E-state index in [9.17, 15) is 9.59 Å². The number of thioether (sulfide) groups is 1. The van der Waals surface area contributed by atoms with Crippen molar-refractivity contribution in [3.05, 3.63) is 70.6 Å². The molecule has 1 N–H and O–H groups in total. The van der Waals surface area contributed by atoms with E-state index < -0.39 is 5.97 Å². The lowest BCUT2D eigenvalue weighted by atomic mass is 10.0. The Hall–Kier alpha value is -3.78. The molecule has 3 aromatic rings. The first-order chi connectivity index (χ1) is 15.4. The van der Waals surface area contributed by atoms with E-state index in [-0.39, 0.29) is 11.5 Å². The zero-order valence-electron chi connectivity index (χ0n) is 17.7. The van der Waals surface area contributed by atoms with Crippen LogP contribution in [0.25, 0.3) is 16.8 Å². The molecule has 1 saturated heterocycles. The molecule has 0 aliphatic carbocycles. The Morgan fingerprint density at radius 1 is 1.06 bits per heavy atom. The Morgan fingerprint density at radius 3 is 2.44 bits per heavy atom. The summed E-state index contributed by atoms with van der Waals surface area (Å²) in [5.74, 6) is 0.166. The molecule has 3 aromatic carbocycles. The number of methoxy groups -OCH3 is 2. The lowest BCUT2D eigenvalue weighted by molar-refractivity contribution is -0.121. The molecule has 1 fully saturated rings. The summed E-state index contributed by atoms with van der Waals surface area (Å²) in [7, 11) is 4.85. The molecule has 32 heavy (non-hydrogen) atoms. The van der Waals surface area contributed by atoms with Crippen molar-refractivity contribution in [1.29, 1.82) is 0 Å². The normalized spacial score (nSPS) is 16.2. The van der Waals surface area contributed by atoms with E-state index in [4.69, 9.17) is 14.6 Å². The van der Waals surface area contributed by atoms with Gasteiger partial charge in [-0.25, -0.2) is 9.79 Å². The van der Waals surface area contributed by atoms with Crippen LogP contribution in [0, 0.1) is 0 Å². The van der Waals surface area contributed by atoms with E-state index in [0.717, 1.165) is 16.3 Å². The number of aromatic carboxylic acids is 1. The summed E-state index contributed by atoms with van der Waals surface area (Å²) in [4.78, 5) is 30.4. The number of amidine groups is 1. The maximum Gasteiger partial charge on any atom is 0.335 e. The second-order valence-corrected chi connectivity index (χ2v) is 8.00. The van der Waals surface area contributed by atoms with Gasteiger partial charge in [0.25, 0.3) is 5.91 Å². The van der Waals surface area contributed by atoms with Crippen molar-refractivity contribution < 1.29 is 24.2 Å². The van der Waals surface area contributed by atoms with Crippen molar-refractivity contribution in [2.45, 2.75) is 0 Å². The van der Waals surface area contributed by atoms with Gasteiger partial charge in [-0.1, -0.05) is 12.1 Å². The van der Waals surface area contributed by atoms with Gasteiger partial charge in [0.1, 0.15) is 11.5 Å². The van der Waals surface area contributed by atoms with Crippen LogP contribution in [0.2, 0.25) is 0 Å². The summed E-state index contributed by atoms with van der Waals surface area (Å²) in [6, 6.07) is 15.8. The first kappa shape index (κ1) is 21.5. The number of hydrogen-bond acceptors (Lipinski definition) is 6. The Labute approximate surface area is 189 Å². The van der Waals surface area contributed by atoms with Crippen LogP contribution in [0.15, 0.2) is 64.5 Å². The topological polar surface area (TPSA) is 88.4 Å². The molecule has 0 bridgehead atoms. The van der Waals surface area contributed by atoms with Gasteiger partial charge in [-0.15, -0.1) is 0 Å². The summed E-state index contributed by atoms with van der Waals surface area (Å²) in [6.45, 7) is 0. The molecule has 0 unspecified atom stereocenters. The predicted octanol–water partition coefficient (Wildman–Crippen LogP) is 4.79. The number of rotatable bonds is 5. The third-order valence-corrected chi connectivity index (χ3v) is 6.13. The van der Waals surface area contributed by atoms with Crippen molar-refractivity contribution in [3.8, 4) is 11.5 Å². The highest BCUT2D eigenvalue weighted by molar-refractivity contribution is 8.18. The van der Waals surface area contributed by atoms with Crippen molar-refractivity contribution >= 4 is 51.3 Å². The van der Waals surface area contributed by atoms with Crippen LogP contribution in [0.5, 0.6) is 11.5 Å². The molecule has 162 valence electrons. The predicted molar refractivity (Wildman–Crippen MR) is 126 cm³/mol. The number of amides is 1. The largest absolute Gasteiger partial charge is 0.497 e. The van der Waals surface area contributed by atoms with E-state index in [2.05, 4.69) is 4.99 Å². The molecule has 0 radical (unpaired) electrons. The fraction of sp³-hybridized carbons (Fsp3) is 0.125. The molecule has 8 heteroatoms. The molecular weight excluding hydrogens is 428 g/mol. The molecule has 0 atom stereocenters. The molecule has 4 rings (SSSR count). The Bertz CT molecular complexity index is 1280. The minimum Gasteiger partial charge on any atom is -0.497 e. The maximum atomic E-state index is 12.9. The van der Waals surface area contributed by atoms with Gasteiger partial charge in [-0.05, 0) is 71.1 Å². The Kier molecular flexibility index (Phi) is 5.87. The monoisotopic (exact) mass is 448 g/mol. The van der Waals surface area contributed by atoms with Gasteiger partial charge in [-0.3, -0.25) is 9.69 Å². The lowest BCUT2D eigenvalue weighted by Crippen LogP contribution is -2.23. The van der Waals surface area contributed by atoms with Gasteiger partial charge in [-0.2, -0.15) is 0 Å². The quantitative estimate of drug-likeness (QED) is 0.565.